The number of hydrogen-bond donors (Lipinski definition) is 1. The first-order valence-electron chi connectivity index (χ1n) is 6.69. The maximum atomic E-state index is 6.26. The lowest BCUT2D eigenvalue weighted by Crippen LogP contribution is -2.51. The molecular formula is C14H25N3O. The number of hydrogen-bond acceptors (Lipinski definition) is 3. The van der Waals surface area contributed by atoms with E-state index in [1.165, 1.54) is 0 Å². The second kappa shape index (κ2) is 4.67. The molecule has 0 aliphatic heterocycles. The molecule has 4 heteroatoms. The zero-order valence-electron chi connectivity index (χ0n) is 12.1. The van der Waals surface area contributed by atoms with Crippen molar-refractivity contribution in [3.63, 3.8) is 0 Å². The molecule has 2 rings (SSSR count). The van der Waals surface area contributed by atoms with Gasteiger partial charge in [0.15, 0.2) is 0 Å². The summed E-state index contributed by atoms with van der Waals surface area (Å²) < 4.78 is 7.76. The van der Waals surface area contributed by atoms with E-state index >= 15 is 0 Å². The number of imidazole rings is 1. The summed E-state index contributed by atoms with van der Waals surface area (Å²) >= 11 is 0. The quantitative estimate of drug-likeness (QED) is 0.894. The SMILES string of the molecule is COC1CC(n2cncc2C(N)C(C)C)C1(C)C. The van der Waals surface area contributed by atoms with Gasteiger partial charge < -0.3 is 15.0 Å². The van der Waals surface area contributed by atoms with Gasteiger partial charge in [0.2, 0.25) is 0 Å². The monoisotopic (exact) mass is 251 g/mol. The number of rotatable bonds is 4. The Morgan fingerprint density at radius 3 is 2.67 bits per heavy atom. The Morgan fingerprint density at radius 1 is 1.50 bits per heavy atom. The molecule has 1 heterocycles. The van der Waals surface area contributed by atoms with Gasteiger partial charge in [0.05, 0.1) is 18.1 Å². The van der Waals surface area contributed by atoms with Crippen LogP contribution in [-0.2, 0) is 4.74 Å². The van der Waals surface area contributed by atoms with Crippen molar-refractivity contribution in [1.82, 2.24) is 9.55 Å². The third kappa shape index (κ3) is 1.97. The molecule has 0 saturated heterocycles. The van der Waals surface area contributed by atoms with Gasteiger partial charge in [0, 0.05) is 30.8 Å². The molecule has 1 aliphatic rings. The summed E-state index contributed by atoms with van der Waals surface area (Å²) in [6, 6.07) is 0.481. The van der Waals surface area contributed by atoms with Crippen LogP contribution in [0.2, 0.25) is 0 Å². The van der Waals surface area contributed by atoms with E-state index in [2.05, 4.69) is 37.2 Å². The van der Waals surface area contributed by atoms with E-state index in [1.807, 2.05) is 12.5 Å². The maximum absolute atomic E-state index is 6.26. The molecule has 1 aliphatic carbocycles. The minimum Gasteiger partial charge on any atom is -0.381 e. The molecule has 0 spiro atoms. The summed E-state index contributed by atoms with van der Waals surface area (Å²) in [5, 5.41) is 0. The minimum atomic E-state index is 0.0462. The molecule has 3 atom stereocenters. The lowest BCUT2D eigenvalue weighted by Gasteiger charge is -2.52. The van der Waals surface area contributed by atoms with Crippen LogP contribution in [0.1, 0.15) is 51.9 Å². The Bertz CT molecular complexity index is 411. The maximum Gasteiger partial charge on any atom is 0.0951 e. The smallest absolute Gasteiger partial charge is 0.0951 e. The molecule has 1 fully saturated rings. The number of methoxy groups -OCH3 is 1. The Labute approximate surface area is 110 Å². The van der Waals surface area contributed by atoms with Crippen LogP contribution in [0, 0.1) is 11.3 Å². The van der Waals surface area contributed by atoms with Gasteiger partial charge in [0.1, 0.15) is 0 Å². The van der Waals surface area contributed by atoms with Crippen LogP contribution in [0.3, 0.4) is 0 Å². The van der Waals surface area contributed by atoms with E-state index in [-0.39, 0.29) is 11.5 Å². The average molecular weight is 251 g/mol. The van der Waals surface area contributed by atoms with Gasteiger partial charge in [-0.05, 0) is 12.3 Å². The van der Waals surface area contributed by atoms with Crippen molar-refractivity contribution in [2.24, 2.45) is 17.1 Å². The van der Waals surface area contributed by atoms with Gasteiger partial charge in [-0.1, -0.05) is 27.7 Å². The highest BCUT2D eigenvalue weighted by molar-refractivity contribution is 5.12. The number of nitrogens with zero attached hydrogens (tertiary/aromatic N) is 2. The molecular weight excluding hydrogens is 226 g/mol. The first-order valence-corrected chi connectivity index (χ1v) is 6.69. The summed E-state index contributed by atoms with van der Waals surface area (Å²) in [5.74, 6) is 0.418. The Kier molecular flexibility index (Phi) is 3.52. The van der Waals surface area contributed by atoms with E-state index in [1.54, 1.807) is 7.11 Å². The van der Waals surface area contributed by atoms with E-state index in [0.717, 1.165) is 12.1 Å². The molecule has 0 radical (unpaired) electrons. The molecule has 18 heavy (non-hydrogen) atoms. The molecule has 4 nitrogen and oxygen atoms in total. The summed E-state index contributed by atoms with van der Waals surface area (Å²) in [5.41, 5.74) is 7.54. The molecule has 1 aromatic heterocycles. The normalized spacial score (nSPS) is 28.2. The fourth-order valence-electron chi connectivity index (χ4n) is 2.91. The second-order valence-electron chi connectivity index (χ2n) is 6.29. The standard InChI is InChI=1S/C14H25N3O/c1-9(2)13(15)10-7-16-8-17(10)11-6-12(18-5)14(11,3)4/h7-9,11-13H,6,15H2,1-5H3. The molecule has 0 aromatic carbocycles. The molecule has 0 bridgehead atoms. The molecule has 3 unspecified atom stereocenters. The second-order valence-corrected chi connectivity index (χ2v) is 6.29. The van der Waals surface area contributed by atoms with Gasteiger partial charge in [-0.3, -0.25) is 0 Å². The predicted molar refractivity (Wildman–Crippen MR) is 72.2 cm³/mol. The molecule has 102 valence electrons. The highest BCUT2D eigenvalue weighted by atomic mass is 16.5. The summed E-state index contributed by atoms with van der Waals surface area (Å²) in [6.07, 6.45) is 5.18. The fraction of sp³-hybridized carbons (Fsp3) is 0.786. The van der Waals surface area contributed by atoms with Crippen molar-refractivity contribution in [3.05, 3.63) is 18.2 Å². The van der Waals surface area contributed by atoms with Crippen molar-refractivity contribution in [3.8, 4) is 0 Å². The van der Waals surface area contributed by atoms with Crippen molar-refractivity contribution in [1.29, 1.82) is 0 Å². The Balaban J connectivity index is 2.24. The minimum absolute atomic E-state index is 0.0462. The third-order valence-corrected chi connectivity index (χ3v) is 4.50. The van der Waals surface area contributed by atoms with Gasteiger partial charge in [0.25, 0.3) is 0 Å². The van der Waals surface area contributed by atoms with Gasteiger partial charge in [-0.15, -0.1) is 0 Å². The average Bonchev–Trinajstić information content (AvgIpc) is 2.75. The lowest BCUT2D eigenvalue weighted by molar-refractivity contribution is -0.113. The largest absolute Gasteiger partial charge is 0.381 e. The van der Waals surface area contributed by atoms with E-state index in [9.17, 15) is 0 Å². The van der Waals surface area contributed by atoms with Crippen LogP contribution < -0.4 is 5.73 Å². The fourth-order valence-corrected chi connectivity index (χ4v) is 2.91. The highest BCUT2D eigenvalue weighted by Gasteiger charge is 2.50. The summed E-state index contributed by atoms with van der Waals surface area (Å²) in [4.78, 5) is 4.29. The van der Waals surface area contributed by atoms with Crippen LogP contribution >= 0.6 is 0 Å². The van der Waals surface area contributed by atoms with Crippen LogP contribution in [-0.4, -0.2) is 22.8 Å². The molecule has 0 amide bonds. The van der Waals surface area contributed by atoms with Crippen molar-refractivity contribution < 1.29 is 4.74 Å². The zero-order valence-corrected chi connectivity index (χ0v) is 12.1. The summed E-state index contributed by atoms with van der Waals surface area (Å²) in [6.45, 7) is 8.79. The van der Waals surface area contributed by atoms with Crippen molar-refractivity contribution in [2.75, 3.05) is 7.11 Å². The number of ether oxygens (including phenoxy) is 1. The van der Waals surface area contributed by atoms with E-state index in [4.69, 9.17) is 10.5 Å². The van der Waals surface area contributed by atoms with Crippen LogP contribution in [0.5, 0.6) is 0 Å². The van der Waals surface area contributed by atoms with Gasteiger partial charge >= 0.3 is 0 Å². The predicted octanol–water partition coefficient (Wildman–Crippen LogP) is 2.52. The van der Waals surface area contributed by atoms with Crippen LogP contribution in [0.25, 0.3) is 0 Å². The van der Waals surface area contributed by atoms with Gasteiger partial charge in [-0.25, -0.2) is 4.98 Å². The Morgan fingerprint density at radius 2 is 2.17 bits per heavy atom. The zero-order chi connectivity index (χ0) is 13.5. The highest BCUT2D eigenvalue weighted by Crippen LogP contribution is 2.51. The molecule has 2 N–H and O–H groups in total. The number of aromatic nitrogens is 2. The van der Waals surface area contributed by atoms with Crippen molar-refractivity contribution >= 4 is 0 Å². The molecule has 1 aromatic rings. The first kappa shape index (κ1) is 13.6. The molecule has 1 saturated carbocycles. The van der Waals surface area contributed by atoms with E-state index < -0.39 is 0 Å². The first-order chi connectivity index (χ1) is 8.39. The van der Waals surface area contributed by atoms with Crippen LogP contribution in [0.15, 0.2) is 12.5 Å². The topological polar surface area (TPSA) is 53.1 Å². The number of nitrogens with two attached hydrogens (primary N) is 1. The van der Waals surface area contributed by atoms with Crippen molar-refractivity contribution in [2.45, 2.75) is 52.3 Å². The van der Waals surface area contributed by atoms with Crippen LogP contribution in [0.4, 0.5) is 0 Å². The van der Waals surface area contributed by atoms with E-state index in [0.29, 0.717) is 18.1 Å². The van der Waals surface area contributed by atoms with Gasteiger partial charge in [-0.2, -0.15) is 0 Å². The summed E-state index contributed by atoms with van der Waals surface area (Å²) in [7, 11) is 1.79. The third-order valence-electron chi connectivity index (χ3n) is 4.50. The lowest BCUT2D eigenvalue weighted by atomic mass is 9.64. The Hall–Kier alpha value is -0.870.